The molecule has 0 saturated carbocycles. The summed E-state index contributed by atoms with van der Waals surface area (Å²) >= 11 is 0. The summed E-state index contributed by atoms with van der Waals surface area (Å²) in [4.78, 5) is 20.6. The van der Waals surface area contributed by atoms with Crippen molar-refractivity contribution in [3.8, 4) is 33.6 Å². The lowest BCUT2D eigenvalue weighted by molar-refractivity contribution is -0.118. The van der Waals surface area contributed by atoms with E-state index in [4.69, 9.17) is 4.98 Å². The minimum absolute atomic E-state index is 0.0649. The number of aryl methyl sites for hydroxylation is 2. The highest BCUT2D eigenvalue weighted by atomic mass is 16.1. The molecule has 3 aromatic heterocycles. The Morgan fingerprint density at radius 2 is 1.65 bits per heavy atom. The summed E-state index contributed by atoms with van der Waals surface area (Å²) in [5, 5.41) is 14.6. The fourth-order valence-electron chi connectivity index (χ4n) is 3.25. The van der Waals surface area contributed by atoms with E-state index in [1.54, 1.807) is 21.8 Å². The Hall–Kier alpha value is -4.01. The SMILES string of the molecule is CC(=O)NCCNc1nc(-c2cccc(-c3cnn(C)c3)c2)ncc1-c1cnn(C)c1. The molecular weight excluding hydrogens is 392 g/mol. The van der Waals surface area contributed by atoms with Crippen LogP contribution in [-0.4, -0.2) is 48.5 Å². The Labute approximate surface area is 180 Å². The molecule has 0 unspecified atom stereocenters. The zero-order valence-electron chi connectivity index (χ0n) is 17.7. The van der Waals surface area contributed by atoms with Crippen molar-refractivity contribution in [2.75, 3.05) is 18.4 Å². The molecule has 0 aliphatic heterocycles. The maximum absolute atomic E-state index is 11.2. The quantitative estimate of drug-likeness (QED) is 0.449. The Balaban J connectivity index is 1.67. The summed E-state index contributed by atoms with van der Waals surface area (Å²) < 4.78 is 3.51. The molecule has 0 saturated heterocycles. The van der Waals surface area contributed by atoms with Gasteiger partial charge in [-0.3, -0.25) is 14.2 Å². The van der Waals surface area contributed by atoms with Crippen molar-refractivity contribution in [2.24, 2.45) is 14.1 Å². The van der Waals surface area contributed by atoms with E-state index in [-0.39, 0.29) is 5.91 Å². The van der Waals surface area contributed by atoms with Crippen molar-refractivity contribution in [3.63, 3.8) is 0 Å². The van der Waals surface area contributed by atoms with E-state index in [0.717, 1.165) is 27.8 Å². The summed E-state index contributed by atoms with van der Waals surface area (Å²) in [5.41, 5.74) is 4.75. The number of carbonyl (C=O) groups is 1. The van der Waals surface area contributed by atoms with E-state index in [1.165, 1.54) is 6.92 Å². The zero-order chi connectivity index (χ0) is 21.8. The van der Waals surface area contributed by atoms with Gasteiger partial charge in [-0.1, -0.05) is 18.2 Å². The van der Waals surface area contributed by atoms with Crippen LogP contribution in [0.4, 0.5) is 5.82 Å². The van der Waals surface area contributed by atoms with Gasteiger partial charge in [0.2, 0.25) is 5.91 Å². The van der Waals surface area contributed by atoms with Gasteiger partial charge in [-0.25, -0.2) is 9.97 Å². The fourth-order valence-corrected chi connectivity index (χ4v) is 3.25. The van der Waals surface area contributed by atoms with Crippen molar-refractivity contribution in [1.82, 2.24) is 34.8 Å². The highest BCUT2D eigenvalue weighted by Gasteiger charge is 2.13. The lowest BCUT2D eigenvalue weighted by Gasteiger charge is -2.12. The van der Waals surface area contributed by atoms with Gasteiger partial charge in [0.15, 0.2) is 5.82 Å². The van der Waals surface area contributed by atoms with Gasteiger partial charge in [-0.2, -0.15) is 10.2 Å². The number of rotatable bonds is 7. The van der Waals surface area contributed by atoms with Crippen molar-refractivity contribution in [3.05, 3.63) is 55.2 Å². The first kappa shape index (κ1) is 20.3. The summed E-state index contributed by atoms with van der Waals surface area (Å²) in [6.07, 6.45) is 9.30. The summed E-state index contributed by atoms with van der Waals surface area (Å²) in [5.74, 6) is 1.24. The molecule has 9 heteroatoms. The van der Waals surface area contributed by atoms with E-state index in [1.807, 2.05) is 50.9 Å². The molecule has 0 spiro atoms. The predicted molar refractivity (Wildman–Crippen MR) is 119 cm³/mol. The number of hydrogen-bond donors (Lipinski definition) is 2. The fraction of sp³-hybridized carbons (Fsp3) is 0.227. The second kappa shape index (κ2) is 8.78. The molecule has 9 nitrogen and oxygen atoms in total. The van der Waals surface area contributed by atoms with E-state index < -0.39 is 0 Å². The minimum atomic E-state index is -0.0649. The van der Waals surface area contributed by atoms with Crippen molar-refractivity contribution in [1.29, 1.82) is 0 Å². The first-order chi connectivity index (χ1) is 15.0. The largest absolute Gasteiger partial charge is 0.368 e. The van der Waals surface area contributed by atoms with Gasteiger partial charge in [0, 0.05) is 75.0 Å². The molecule has 0 bridgehead atoms. The minimum Gasteiger partial charge on any atom is -0.368 e. The molecule has 0 atom stereocenters. The third kappa shape index (κ3) is 4.77. The maximum Gasteiger partial charge on any atom is 0.216 e. The Kier molecular flexibility index (Phi) is 5.74. The molecule has 158 valence electrons. The van der Waals surface area contributed by atoms with Gasteiger partial charge in [-0.15, -0.1) is 0 Å². The molecule has 0 radical (unpaired) electrons. The van der Waals surface area contributed by atoms with Crippen LogP contribution in [0.2, 0.25) is 0 Å². The van der Waals surface area contributed by atoms with E-state index in [2.05, 4.69) is 31.9 Å². The number of carbonyl (C=O) groups excluding carboxylic acids is 1. The first-order valence-electron chi connectivity index (χ1n) is 9.93. The molecule has 0 aliphatic rings. The molecule has 2 N–H and O–H groups in total. The van der Waals surface area contributed by atoms with Gasteiger partial charge in [-0.05, 0) is 11.6 Å². The highest BCUT2D eigenvalue weighted by molar-refractivity contribution is 5.77. The number of anilines is 1. The van der Waals surface area contributed by atoms with Crippen LogP contribution in [0.5, 0.6) is 0 Å². The van der Waals surface area contributed by atoms with Gasteiger partial charge >= 0.3 is 0 Å². The molecule has 3 heterocycles. The monoisotopic (exact) mass is 416 g/mol. The molecule has 31 heavy (non-hydrogen) atoms. The number of hydrogen-bond acceptors (Lipinski definition) is 6. The van der Waals surface area contributed by atoms with Crippen LogP contribution in [0.25, 0.3) is 33.6 Å². The molecule has 1 amide bonds. The number of nitrogens with zero attached hydrogens (tertiary/aromatic N) is 6. The average Bonchev–Trinajstić information content (AvgIpc) is 3.39. The van der Waals surface area contributed by atoms with Gasteiger partial charge < -0.3 is 10.6 Å². The Bertz CT molecular complexity index is 1210. The van der Waals surface area contributed by atoms with Crippen molar-refractivity contribution >= 4 is 11.7 Å². The third-order valence-electron chi connectivity index (χ3n) is 4.76. The summed E-state index contributed by atoms with van der Waals surface area (Å²) in [6, 6.07) is 8.06. The second-order valence-corrected chi connectivity index (χ2v) is 7.25. The first-order valence-corrected chi connectivity index (χ1v) is 9.93. The number of benzene rings is 1. The maximum atomic E-state index is 11.2. The number of amides is 1. The highest BCUT2D eigenvalue weighted by Crippen LogP contribution is 2.29. The van der Waals surface area contributed by atoms with E-state index >= 15 is 0 Å². The predicted octanol–water partition coefficient (Wildman–Crippen LogP) is 2.49. The summed E-state index contributed by atoms with van der Waals surface area (Å²) in [7, 11) is 3.76. The van der Waals surface area contributed by atoms with E-state index in [0.29, 0.717) is 24.7 Å². The Morgan fingerprint density at radius 1 is 0.935 bits per heavy atom. The lowest BCUT2D eigenvalue weighted by Crippen LogP contribution is -2.26. The molecule has 1 aromatic carbocycles. The smallest absolute Gasteiger partial charge is 0.216 e. The van der Waals surface area contributed by atoms with E-state index in [9.17, 15) is 4.79 Å². The topological polar surface area (TPSA) is 103 Å². The zero-order valence-corrected chi connectivity index (χ0v) is 17.7. The van der Waals surface area contributed by atoms with Gasteiger partial charge in [0.25, 0.3) is 0 Å². The van der Waals surface area contributed by atoms with Crippen LogP contribution in [-0.2, 0) is 18.9 Å². The second-order valence-electron chi connectivity index (χ2n) is 7.25. The van der Waals surface area contributed by atoms with Crippen molar-refractivity contribution < 1.29 is 4.79 Å². The normalized spacial score (nSPS) is 10.8. The average molecular weight is 416 g/mol. The van der Waals surface area contributed by atoms with Crippen LogP contribution in [0.1, 0.15) is 6.92 Å². The van der Waals surface area contributed by atoms with Crippen molar-refractivity contribution in [2.45, 2.75) is 6.92 Å². The van der Waals surface area contributed by atoms with Crippen LogP contribution < -0.4 is 10.6 Å². The van der Waals surface area contributed by atoms with Gasteiger partial charge in [0.05, 0.1) is 12.4 Å². The van der Waals surface area contributed by atoms with Crippen LogP contribution in [0.3, 0.4) is 0 Å². The van der Waals surface area contributed by atoms with Gasteiger partial charge in [0.1, 0.15) is 5.82 Å². The van der Waals surface area contributed by atoms with Crippen LogP contribution >= 0.6 is 0 Å². The molecular formula is C22H24N8O. The van der Waals surface area contributed by atoms with Crippen LogP contribution in [0, 0.1) is 0 Å². The lowest BCUT2D eigenvalue weighted by atomic mass is 10.1. The molecule has 4 rings (SSSR count). The number of nitrogens with one attached hydrogen (secondary N) is 2. The Morgan fingerprint density at radius 3 is 2.32 bits per heavy atom. The standard InChI is InChI=1S/C22H24N8O/c1-15(31)23-7-8-24-22-20(19-11-27-30(3)14-19)12-25-21(28-22)17-6-4-5-16(9-17)18-10-26-29(2)13-18/h4-6,9-14H,7-8H2,1-3H3,(H,23,31)(H,24,25,28). The third-order valence-corrected chi connectivity index (χ3v) is 4.76. The molecule has 0 aliphatic carbocycles. The molecule has 0 fully saturated rings. The summed E-state index contributed by atoms with van der Waals surface area (Å²) in [6.45, 7) is 2.54. The number of aromatic nitrogens is 6. The molecule has 4 aromatic rings. The van der Waals surface area contributed by atoms with Crippen LogP contribution in [0.15, 0.2) is 55.2 Å².